The third-order valence-electron chi connectivity index (χ3n) is 2.77. The molecule has 1 aromatic heterocycles. The molecule has 0 spiro atoms. The first-order chi connectivity index (χ1) is 7.75. The third kappa shape index (κ3) is 2.80. The van der Waals surface area contributed by atoms with E-state index in [9.17, 15) is 0 Å². The Labute approximate surface area is 97.1 Å². The van der Waals surface area contributed by atoms with Crippen LogP contribution < -0.4 is 4.57 Å². The number of benzene rings is 1. The largest absolute Gasteiger partial charge is 0.309 e. The molecule has 0 bridgehead atoms. The molecule has 1 aromatic carbocycles. The van der Waals surface area contributed by atoms with Gasteiger partial charge in [0.1, 0.15) is 6.54 Å². The Bertz CT molecular complexity index is 463. The van der Waals surface area contributed by atoms with Gasteiger partial charge in [-0.05, 0) is 25.5 Å². The van der Waals surface area contributed by atoms with Gasteiger partial charge in [-0.2, -0.15) is 0 Å². The van der Waals surface area contributed by atoms with Crippen LogP contribution in [0.5, 0.6) is 0 Å². The van der Waals surface area contributed by atoms with E-state index < -0.39 is 0 Å². The van der Waals surface area contributed by atoms with Gasteiger partial charge in [0.25, 0.3) is 0 Å². The molecule has 0 aliphatic rings. The van der Waals surface area contributed by atoms with E-state index in [2.05, 4.69) is 66.3 Å². The highest BCUT2D eigenvalue weighted by atomic mass is 15.1. The number of nitrogens with zero attached hydrogens (tertiary/aromatic N) is 2. The Kier molecular flexibility index (Phi) is 3.52. The summed E-state index contributed by atoms with van der Waals surface area (Å²) in [5.74, 6) is 0. The van der Waals surface area contributed by atoms with Crippen molar-refractivity contribution in [3.05, 3.63) is 42.7 Å². The standard InChI is InChI=1S/C14H19N2/c1-15(2)9-5-10-16-11-8-13-6-3-4-7-14(13)12-16/h3-4,6-8,11-12H,5,9-10H2,1-2H3/q+1. The molecule has 0 atom stereocenters. The summed E-state index contributed by atoms with van der Waals surface area (Å²) in [7, 11) is 4.23. The topological polar surface area (TPSA) is 7.12 Å². The average Bonchev–Trinajstić information content (AvgIpc) is 2.28. The van der Waals surface area contributed by atoms with Gasteiger partial charge in [0.2, 0.25) is 0 Å². The molecule has 16 heavy (non-hydrogen) atoms. The maximum atomic E-state index is 2.27. The molecule has 2 nitrogen and oxygen atoms in total. The molecule has 0 saturated heterocycles. The van der Waals surface area contributed by atoms with Crippen molar-refractivity contribution in [1.82, 2.24) is 4.90 Å². The van der Waals surface area contributed by atoms with Gasteiger partial charge in [-0.15, -0.1) is 0 Å². The Balaban J connectivity index is 2.08. The Morgan fingerprint density at radius 3 is 2.56 bits per heavy atom. The van der Waals surface area contributed by atoms with Gasteiger partial charge in [0.05, 0.1) is 0 Å². The summed E-state index contributed by atoms with van der Waals surface area (Å²) in [6, 6.07) is 10.7. The maximum absolute atomic E-state index is 2.27. The number of aryl methyl sites for hydroxylation is 1. The lowest BCUT2D eigenvalue weighted by Crippen LogP contribution is -2.34. The predicted octanol–water partition coefficient (Wildman–Crippen LogP) is 2.08. The molecule has 0 fully saturated rings. The predicted molar refractivity (Wildman–Crippen MR) is 67.3 cm³/mol. The average molecular weight is 215 g/mol. The van der Waals surface area contributed by atoms with Crippen molar-refractivity contribution in [3.8, 4) is 0 Å². The molecular formula is C14H19N2+. The highest BCUT2D eigenvalue weighted by Gasteiger charge is 2.02. The van der Waals surface area contributed by atoms with Crippen molar-refractivity contribution in [3.63, 3.8) is 0 Å². The smallest absolute Gasteiger partial charge is 0.176 e. The van der Waals surface area contributed by atoms with Crippen molar-refractivity contribution < 1.29 is 4.57 Å². The van der Waals surface area contributed by atoms with Crippen LogP contribution in [0.1, 0.15) is 6.42 Å². The normalized spacial score (nSPS) is 11.2. The van der Waals surface area contributed by atoms with E-state index in [4.69, 9.17) is 0 Å². The molecule has 0 saturated carbocycles. The van der Waals surface area contributed by atoms with Crippen molar-refractivity contribution in [2.75, 3.05) is 20.6 Å². The molecule has 0 radical (unpaired) electrons. The van der Waals surface area contributed by atoms with E-state index in [-0.39, 0.29) is 0 Å². The summed E-state index contributed by atoms with van der Waals surface area (Å²) in [6.07, 6.45) is 5.58. The molecule has 0 aliphatic carbocycles. The first-order valence-electron chi connectivity index (χ1n) is 5.78. The molecule has 84 valence electrons. The Morgan fingerprint density at radius 2 is 1.81 bits per heavy atom. The summed E-state index contributed by atoms with van der Waals surface area (Å²) >= 11 is 0. The summed E-state index contributed by atoms with van der Waals surface area (Å²) in [5, 5.41) is 2.63. The second-order valence-electron chi connectivity index (χ2n) is 4.47. The first-order valence-corrected chi connectivity index (χ1v) is 5.78. The van der Waals surface area contributed by atoms with E-state index >= 15 is 0 Å². The highest BCUT2D eigenvalue weighted by Crippen LogP contribution is 2.09. The SMILES string of the molecule is CN(C)CCC[n+]1ccc2ccccc2c1. The van der Waals surface area contributed by atoms with E-state index in [0.717, 1.165) is 13.1 Å². The molecular weight excluding hydrogens is 196 g/mol. The van der Waals surface area contributed by atoms with Crippen molar-refractivity contribution >= 4 is 10.8 Å². The van der Waals surface area contributed by atoms with Crippen LogP contribution in [0, 0.1) is 0 Å². The summed E-state index contributed by atoms with van der Waals surface area (Å²) in [6.45, 7) is 2.23. The minimum Gasteiger partial charge on any atom is -0.309 e. The van der Waals surface area contributed by atoms with E-state index in [0.29, 0.717) is 0 Å². The van der Waals surface area contributed by atoms with Gasteiger partial charge in [-0.25, -0.2) is 4.57 Å². The third-order valence-corrected chi connectivity index (χ3v) is 2.77. The van der Waals surface area contributed by atoms with Crippen LogP contribution in [0.15, 0.2) is 42.7 Å². The van der Waals surface area contributed by atoms with Crippen LogP contribution in [0.2, 0.25) is 0 Å². The fraction of sp³-hybridized carbons (Fsp3) is 0.357. The first kappa shape index (κ1) is 11.1. The summed E-state index contributed by atoms with van der Waals surface area (Å²) < 4.78 is 2.27. The fourth-order valence-corrected chi connectivity index (χ4v) is 1.89. The van der Waals surface area contributed by atoms with Crippen LogP contribution >= 0.6 is 0 Å². The van der Waals surface area contributed by atoms with Crippen LogP contribution in [0.3, 0.4) is 0 Å². The lowest BCUT2D eigenvalue weighted by molar-refractivity contribution is -0.696. The number of hydrogen-bond donors (Lipinski definition) is 0. The lowest BCUT2D eigenvalue weighted by Gasteiger charge is -2.06. The number of fused-ring (bicyclic) bond motifs is 1. The molecule has 1 heterocycles. The zero-order valence-corrected chi connectivity index (χ0v) is 10.1. The monoisotopic (exact) mass is 215 g/mol. The summed E-state index contributed by atoms with van der Waals surface area (Å²) in [5.41, 5.74) is 0. The Morgan fingerprint density at radius 1 is 1.06 bits per heavy atom. The highest BCUT2D eigenvalue weighted by molar-refractivity contribution is 5.80. The van der Waals surface area contributed by atoms with Gasteiger partial charge in [-0.1, -0.05) is 18.2 Å². The number of hydrogen-bond acceptors (Lipinski definition) is 1. The summed E-state index contributed by atoms with van der Waals surface area (Å²) in [4.78, 5) is 2.22. The van der Waals surface area contributed by atoms with Crippen LogP contribution in [-0.2, 0) is 6.54 Å². The molecule has 2 aromatic rings. The van der Waals surface area contributed by atoms with Gasteiger partial charge < -0.3 is 4.90 Å². The molecule has 0 unspecified atom stereocenters. The molecule has 2 heteroatoms. The molecule has 0 N–H and O–H groups in total. The second-order valence-corrected chi connectivity index (χ2v) is 4.47. The van der Waals surface area contributed by atoms with E-state index in [1.54, 1.807) is 0 Å². The van der Waals surface area contributed by atoms with Crippen molar-refractivity contribution in [2.24, 2.45) is 0 Å². The molecule has 2 rings (SSSR count). The zero-order valence-electron chi connectivity index (χ0n) is 10.1. The van der Waals surface area contributed by atoms with Crippen molar-refractivity contribution in [1.29, 1.82) is 0 Å². The van der Waals surface area contributed by atoms with E-state index in [1.165, 1.54) is 17.2 Å². The quantitative estimate of drug-likeness (QED) is 0.708. The minimum atomic E-state index is 1.09. The molecule has 0 aliphatic heterocycles. The van der Waals surface area contributed by atoms with Crippen LogP contribution in [-0.4, -0.2) is 25.5 Å². The fourth-order valence-electron chi connectivity index (χ4n) is 1.89. The van der Waals surface area contributed by atoms with Crippen LogP contribution in [0.25, 0.3) is 10.8 Å². The van der Waals surface area contributed by atoms with Crippen LogP contribution in [0.4, 0.5) is 0 Å². The Hall–Kier alpha value is -1.41. The van der Waals surface area contributed by atoms with Gasteiger partial charge in [-0.3, -0.25) is 0 Å². The lowest BCUT2D eigenvalue weighted by atomic mass is 10.2. The van der Waals surface area contributed by atoms with Crippen molar-refractivity contribution in [2.45, 2.75) is 13.0 Å². The second kappa shape index (κ2) is 5.08. The minimum absolute atomic E-state index is 1.09. The maximum Gasteiger partial charge on any atom is 0.176 e. The molecule has 0 amide bonds. The zero-order chi connectivity index (χ0) is 11.4. The number of rotatable bonds is 4. The van der Waals surface area contributed by atoms with E-state index in [1.807, 2.05) is 0 Å². The van der Waals surface area contributed by atoms with Gasteiger partial charge in [0, 0.05) is 24.4 Å². The number of pyridine rings is 1. The van der Waals surface area contributed by atoms with Gasteiger partial charge in [0.15, 0.2) is 12.4 Å². The van der Waals surface area contributed by atoms with Gasteiger partial charge >= 0.3 is 0 Å². The number of aromatic nitrogens is 1.